The van der Waals surface area contributed by atoms with Crippen molar-refractivity contribution in [3.05, 3.63) is 0 Å². The van der Waals surface area contributed by atoms with Gasteiger partial charge in [0.25, 0.3) is 0 Å². The number of hydrogen-bond acceptors (Lipinski definition) is 4. The zero-order valence-corrected chi connectivity index (χ0v) is 14.2. The highest BCUT2D eigenvalue weighted by molar-refractivity contribution is 7.91. The van der Waals surface area contributed by atoms with Gasteiger partial charge in [0.15, 0.2) is 0 Å². The Morgan fingerprint density at radius 3 is 2.10 bits per heavy atom. The first-order valence-corrected chi connectivity index (χ1v) is 10.5. The first-order chi connectivity index (χ1) is 9.94. The highest BCUT2D eigenvalue weighted by Crippen LogP contribution is 2.36. The maximum absolute atomic E-state index is 11.6. The molecule has 3 aliphatic rings. The SMILES string of the molecule is CC(C)N1CC2CCCC(C1)C2NC1CCS(=O)(=O)CC1. The van der Waals surface area contributed by atoms with Crippen LogP contribution in [-0.2, 0) is 9.84 Å². The van der Waals surface area contributed by atoms with E-state index in [1.165, 1.54) is 32.4 Å². The van der Waals surface area contributed by atoms with Crippen LogP contribution in [0, 0.1) is 11.8 Å². The number of likely N-dealkylation sites (tertiary alicyclic amines) is 1. The van der Waals surface area contributed by atoms with E-state index < -0.39 is 9.84 Å². The van der Waals surface area contributed by atoms with E-state index in [-0.39, 0.29) is 0 Å². The van der Waals surface area contributed by atoms with Gasteiger partial charge in [0.2, 0.25) is 0 Å². The molecule has 2 saturated heterocycles. The van der Waals surface area contributed by atoms with Gasteiger partial charge in [-0.3, -0.25) is 0 Å². The summed E-state index contributed by atoms with van der Waals surface area (Å²) in [5.74, 6) is 2.28. The molecule has 0 radical (unpaired) electrons. The summed E-state index contributed by atoms with van der Waals surface area (Å²) in [6.07, 6.45) is 5.67. The number of rotatable bonds is 3. The number of hydrogen-bond donors (Lipinski definition) is 1. The lowest BCUT2D eigenvalue weighted by Gasteiger charge is -2.50. The summed E-state index contributed by atoms with van der Waals surface area (Å²) in [5.41, 5.74) is 0. The van der Waals surface area contributed by atoms with Crippen LogP contribution < -0.4 is 5.32 Å². The van der Waals surface area contributed by atoms with Crippen molar-refractivity contribution in [2.24, 2.45) is 11.8 Å². The van der Waals surface area contributed by atoms with Crippen molar-refractivity contribution in [3.8, 4) is 0 Å². The van der Waals surface area contributed by atoms with E-state index in [2.05, 4.69) is 24.1 Å². The average molecular weight is 314 g/mol. The van der Waals surface area contributed by atoms with Crippen molar-refractivity contribution in [3.63, 3.8) is 0 Å². The van der Waals surface area contributed by atoms with Crippen LogP contribution >= 0.6 is 0 Å². The van der Waals surface area contributed by atoms with Crippen LogP contribution in [-0.4, -0.2) is 56.0 Å². The first-order valence-electron chi connectivity index (χ1n) is 8.65. The van der Waals surface area contributed by atoms with E-state index in [4.69, 9.17) is 0 Å². The summed E-state index contributed by atoms with van der Waals surface area (Å²) >= 11 is 0. The molecule has 4 nitrogen and oxygen atoms in total. The van der Waals surface area contributed by atoms with E-state index in [0.717, 1.165) is 24.7 Å². The molecule has 1 saturated carbocycles. The lowest BCUT2D eigenvalue weighted by molar-refractivity contribution is 0.0244. The fraction of sp³-hybridized carbons (Fsp3) is 1.00. The third-order valence-electron chi connectivity index (χ3n) is 5.82. The van der Waals surface area contributed by atoms with Gasteiger partial charge in [0.05, 0.1) is 11.5 Å². The molecule has 1 N–H and O–H groups in total. The van der Waals surface area contributed by atoms with Crippen LogP contribution in [0.15, 0.2) is 0 Å². The van der Waals surface area contributed by atoms with Crippen molar-refractivity contribution < 1.29 is 8.42 Å². The molecule has 2 bridgehead atoms. The minimum absolute atomic E-state index is 0.380. The minimum Gasteiger partial charge on any atom is -0.311 e. The van der Waals surface area contributed by atoms with Crippen molar-refractivity contribution in [2.45, 2.75) is 64.1 Å². The molecule has 2 heterocycles. The number of sulfone groups is 1. The highest BCUT2D eigenvalue weighted by atomic mass is 32.2. The van der Waals surface area contributed by atoms with Crippen molar-refractivity contribution >= 4 is 9.84 Å². The Morgan fingerprint density at radius 1 is 1.00 bits per heavy atom. The van der Waals surface area contributed by atoms with E-state index in [1.807, 2.05) is 0 Å². The molecule has 0 spiro atoms. The summed E-state index contributed by atoms with van der Waals surface area (Å²) in [5, 5.41) is 3.87. The molecule has 2 unspecified atom stereocenters. The first kappa shape index (κ1) is 15.8. The van der Waals surface area contributed by atoms with Crippen LogP contribution in [0.3, 0.4) is 0 Å². The van der Waals surface area contributed by atoms with Crippen molar-refractivity contribution in [2.75, 3.05) is 24.6 Å². The molecule has 21 heavy (non-hydrogen) atoms. The predicted molar refractivity (Wildman–Crippen MR) is 86.1 cm³/mol. The topological polar surface area (TPSA) is 49.4 Å². The number of nitrogens with zero attached hydrogens (tertiary/aromatic N) is 1. The maximum atomic E-state index is 11.6. The Balaban J connectivity index is 1.61. The quantitative estimate of drug-likeness (QED) is 0.861. The van der Waals surface area contributed by atoms with Gasteiger partial charge < -0.3 is 10.2 Å². The zero-order chi connectivity index (χ0) is 15.0. The molecule has 122 valence electrons. The second kappa shape index (κ2) is 6.17. The second-order valence-corrected chi connectivity index (χ2v) is 9.92. The van der Waals surface area contributed by atoms with Gasteiger partial charge in [-0.25, -0.2) is 8.42 Å². The summed E-state index contributed by atoms with van der Waals surface area (Å²) in [4.78, 5) is 2.64. The zero-order valence-electron chi connectivity index (χ0n) is 13.4. The normalized spacial score (nSPS) is 37.8. The number of piperidine rings is 1. The third-order valence-corrected chi connectivity index (χ3v) is 7.53. The molecule has 0 amide bonds. The smallest absolute Gasteiger partial charge is 0.150 e. The van der Waals surface area contributed by atoms with Gasteiger partial charge in [-0.05, 0) is 51.4 Å². The Bertz CT molecular complexity index is 435. The van der Waals surface area contributed by atoms with E-state index in [9.17, 15) is 8.42 Å². The molecular weight excluding hydrogens is 284 g/mol. The lowest BCUT2D eigenvalue weighted by atomic mass is 9.72. The van der Waals surface area contributed by atoms with E-state index in [0.29, 0.717) is 29.6 Å². The van der Waals surface area contributed by atoms with Gasteiger partial charge in [0.1, 0.15) is 9.84 Å². The average Bonchev–Trinajstić information content (AvgIpc) is 2.40. The molecule has 0 aromatic carbocycles. The van der Waals surface area contributed by atoms with Crippen LogP contribution in [0.5, 0.6) is 0 Å². The summed E-state index contributed by atoms with van der Waals surface area (Å²) in [7, 11) is -2.74. The number of fused-ring (bicyclic) bond motifs is 2. The number of nitrogens with one attached hydrogen (secondary N) is 1. The third kappa shape index (κ3) is 3.62. The molecule has 0 aromatic rings. The van der Waals surface area contributed by atoms with Crippen molar-refractivity contribution in [1.29, 1.82) is 0 Å². The van der Waals surface area contributed by atoms with Gasteiger partial charge in [-0.2, -0.15) is 0 Å². The van der Waals surface area contributed by atoms with Crippen LogP contribution in [0.1, 0.15) is 46.0 Å². The van der Waals surface area contributed by atoms with Crippen molar-refractivity contribution in [1.82, 2.24) is 10.2 Å². The molecular formula is C16H30N2O2S. The highest BCUT2D eigenvalue weighted by Gasteiger charge is 2.41. The van der Waals surface area contributed by atoms with Gasteiger partial charge in [-0.15, -0.1) is 0 Å². The largest absolute Gasteiger partial charge is 0.311 e. The van der Waals surface area contributed by atoms with Crippen LogP contribution in [0.25, 0.3) is 0 Å². The Morgan fingerprint density at radius 2 is 1.57 bits per heavy atom. The molecule has 5 heteroatoms. The lowest BCUT2D eigenvalue weighted by Crippen LogP contribution is -2.60. The Labute approximate surface area is 129 Å². The van der Waals surface area contributed by atoms with Gasteiger partial charge in [-0.1, -0.05) is 6.42 Å². The molecule has 2 aliphatic heterocycles. The molecule has 3 fully saturated rings. The molecule has 1 aliphatic carbocycles. The van der Waals surface area contributed by atoms with E-state index >= 15 is 0 Å². The van der Waals surface area contributed by atoms with Gasteiger partial charge >= 0.3 is 0 Å². The molecule has 2 atom stereocenters. The fourth-order valence-corrected chi connectivity index (χ4v) is 5.99. The maximum Gasteiger partial charge on any atom is 0.150 e. The Kier molecular flexibility index (Phi) is 4.63. The monoisotopic (exact) mass is 314 g/mol. The second-order valence-electron chi connectivity index (χ2n) is 7.62. The van der Waals surface area contributed by atoms with E-state index in [1.54, 1.807) is 0 Å². The summed E-state index contributed by atoms with van der Waals surface area (Å²) in [6, 6.07) is 1.70. The predicted octanol–water partition coefficient (Wildman–Crippen LogP) is 1.66. The molecule has 0 aromatic heterocycles. The summed E-state index contributed by atoms with van der Waals surface area (Å²) < 4.78 is 23.1. The van der Waals surface area contributed by atoms with Crippen LogP contribution in [0.4, 0.5) is 0 Å². The van der Waals surface area contributed by atoms with Gasteiger partial charge in [0, 0.05) is 31.2 Å². The summed E-state index contributed by atoms with van der Waals surface area (Å²) in [6.45, 7) is 7.04. The Hall–Kier alpha value is -0.130. The minimum atomic E-state index is -2.74. The molecule has 3 rings (SSSR count). The van der Waals surface area contributed by atoms with Crippen LogP contribution in [0.2, 0.25) is 0 Å². The fourth-order valence-electron chi connectivity index (χ4n) is 4.50. The standard InChI is InChI=1S/C16H30N2O2S/c1-12(2)18-10-13-4-3-5-14(11-18)16(13)17-15-6-8-21(19,20)9-7-15/h12-17H,3-11H2,1-2H3.